The lowest BCUT2D eigenvalue weighted by Crippen LogP contribution is -2.56. The molecule has 1 saturated heterocycles. The maximum atomic E-state index is 12.8. The summed E-state index contributed by atoms with van der Waals surface area (Å²) in [7, 11) is -1.22. The lowest BCUT2D eigenvalue weighted by Gasteiger charge is -2.38. The highest BCUT2D eigenvalue weighted by Crippen LogP contribution is 2.35. The van der Waals surface area contributed by atoms with Crippen LogP contribution < -0.4 is 9.46 Å². The van der Waals surface area contributed by atoms with Gasteiger partial charge in [-0.1, -0.05) is 54.9 Å². The number of amides is 1. The summed E-state index contributed by atoms with van der Waals surface area (Å²) in [4.78, 5) is 18.2. The molecule has 7 nitrogen and oxygen atoms in total. The van der Waals surface area contributed by atoms with Crippen LogP contribution in [0.15, 0.2) is 54.7 Å². The summed E-state index contributed by atoms with van der Waals surface area (Å²) in [5.41, 5.74) is 1.93. The fourth-order valence-corrected chi connectivity index (χ4v) is 5.00. The number of nitrogens with one attached hydrogen (secondary N) is 1. The van der Waals surface area contributed by atoms with E-state index in [1.165, 1.54) is 0 Å². The molecule has 2 aromatic carbocycles. The first kappa shape index (κ1) is 26.4. The van der Waals surface area contributed by atoms with Crippen molar-refractivity contribution < 1.29 is 18.5 Å². The van der Waals surface area contributed by atoms with Gasteiger partial charge in [0.1, 0.15) is 23.6 Å². The first-order valence-corrected chi connectivity index (χ1v) is 13.6. The van der Waals surface area contributed by atoms with Crippen molar-refractivity contribution in [2.45, 2.75) is 57.6 Å². The van der Waals surface area contributed by atoms with E-state index in [1.807, 2.05) is 69.3 Å². The maximum absolute atomic E-state index is 12.8. The molecule has 0 unspecified atom stereocenters. The summed E-state index contributed by atoms with van der Waals surface area (Å²) in [5, 5.41) is 2.10. The van der Waals surface area contributed by atoms with Crippen molar-refractivity contribution in [3.63, 3.8) is 0 Å². The Hall–Kier alpha value is -2.68. The van der Waals surface area contributed by atoms with Gasteiger partial charge in [-0.05, 0) is 55.8 Å². The van der Waals surface area contributed by atoms with Crippen LogP contribution in [-0.4, -0.2) is 44.1 Å². The van der Waals surface area contributed by atoms with Gasteiger partial charge in [0.25, 0.3) is 0 Å². The van der Waals surface area contributed by atoms with Gasteiger partial charge in [0.05, 0.1) is 28.8 Å². The van der Waals surface area contributed by atoms with E-state index < -0.39 is 11.0 Å². The molecule has 0 spiro atoms. The highest BCUT2D eigenvalue weighted by Gasteiger charge is 2.34. The van der Waals surface area contributed by atoms with E-state index in [4.69, 9.17) is 21.1 Å². The van der Waals surface area contributed by atoms with Crippen molar-refractivity contribution in [2.75, 3.05) is 13.1 Å². The van der Waals surface area contributed by atoms with E-state index in [0.717, 1.165) is 28.3 Å². The summed E-state index contributed by atoms with van der Waals surface area (Å²) >= 11 is 6.25. The zero-order valence-electron chi connectivity index (χ0n) is 21.0. The van der Waals surface area contributed by atoms with Crippen LogP contribution in [0.1, 0.15) is 51.3 Å². The molecule has 1 aromatic heterocycles. The van der Waals surface area contributed by atoms with Crippen LogP contribution >= 0.6 is 11.6 Å². The van der Waals surface area contributed by atoms with Crippen molar-refractivity contribution in [2.24, 2.45) is 0 Å². The van der Waals surface area contributed by atoms with Crippen molar-refractivity contribution in [3.8, 4) is 5.75 Å². The van der Waals surface area contributed by atoms with Crippen LogP contribution in [0.2, 0.25) is 5.15 Å². The molecule has 0 radical (unpaired) electrons. The minimum absolute atomic E-state index is 0.126. The molecule has 0 bridgehead atoms. The van der Waals surface area contributed by atoms with Crippen LogP contribution in [-0.2, 0) is 22.3 Å². The topological polar surface area (TPSA) is 80.8 Å². The zero-order valence-corrected chi connectivity index (χ0v) is 22.6. The van der Waals surface area contributed by atoms with Gasteiger partial charge in [-0.2, -0.15) is 0 Å². The predicted octanol–water partition coefficient (Wildman–Crippen LogP) is 5.79. The molecule has 0 saturated carbocycles. The molecule has 1 N–H and O–H groups in total. The summed E-state index contributed by atoms with van der Waals surface area (Å²) in [6.45, 7) is 9.01. The van der Waals surface area contributed by atoms with Crippen LogP contribution in [0.5, 0.6) is 5.75 Å². The summed E-state index contributed by atoms with van der Waals surface area (Å²) in [6.07, 6.45) is 1.96. The third kappa shape index (κ3) is 6.17. The second-order valence-corrected chi connectivity index (χ2v) is 12.2. The van der Waals surface area contributed by atoms with Crippen LogP contribution in [0.25, 0.3) is 10.8 Å². The number of ether oxygens (including phenoxy) is 2. The van der Waals surface area contributed by atoms with Crippen LogP contribution in [0, 0.1) is 0 Å². The third-order valence-electron chi connectivity index (χ3n) is 6.06. The predicted molar refractivity (Wildman–Crippen MR) is 143 cm³/mol. The van der Waals surface area contributed by atoms with Gasteiger partial charge in [-0.25, -0.2) is 18.7 Å². The number of fused-ring (bicyclic) bond motifs is 1. The average molecular weight is 530 g/mol. The van der Waals surface area contributed by atoms with Gasteiger partial charge in [0.15, 0.2) is 0 Å². The molecule has 4 rings (SSSR count). The molecular formula is C27H32ClN3O4S. The van der Waals surface area contributed by atoms with Crippen molar-refractivity contribution in [3.05, 3.63) is 71.0 Å². The number of halogens is 1. The zero-order chi connectivity index (χ0) is 25.9. The lowest BCUT2D eigenvalue weighted by molar-refractivity contribution is 0.00932. The molecule has 0 aliphatic carbocycles. The number of carbonyl (C=O) groups excluding carboxylic acids is 1. The monoisotopic (exact) mass is 529 g/mol. The van der Waals surface area contributed by atoms with Crippen molar-refractivity contribution in [1.29, 1.82) is 0 Å². The number of rotatable bonds is 8. The third-order valence-corrected chi connectivity index (χ3v) is 7.87. The van der Waals surface area contributed by atoms with Gasteiger partial charge in [-0.3, -0.25) is 0 Å². The van der Waals surface area contributed by atoms with Crippen LogP contribution in [0.4, 0.5) is 4.79 Å². The largest absolute Gasteiger partial charge is 0.486 e. The number of likely N-dealkylation sites (tertiary alicyclic amines) is 1. The second kappa shape index (κ2) is 11.2. The summed E-state index contributed by atoms with van der Waals surface area (Å²) in [5.74, 6) is 0.673. The molecule has 1 aliphatic heterocycles. The Labute approximate surface area is 219 Å². The molecule has 3 aromatic rings. The maximum Gasteiger partial charge on any atom is 0.410 e. The number of nitrogens with zero attached hydrogens (tertiary/aromatic N) is 2. The Balaban J connectivity index is 1.44. The fraction of sp³-hybridized carbons (Fsp3) is 0.407. The number of hydrogen-bond acceptors (Lipinski definition) is 5. The highest BCUT2D eigenvalue weighted by atomic mass is 35.5. The molecule has 9 heteroatoms. The first-order valence-electron chi connectivity index (χ1n) is 12.0. The average Bonchev–Trinajstić information content (AvgIpc) is 2.82. The molecule has 36 heavy (non-hydrogen) atoms. The SMILES string of the molecule is CC[C@@H](N[S@@](=O)C(C)(C)C)c1ccc(OC2CN(C(=O)OCc3ccccc3)C2)c2cnc(Cl)cc12. The minimum Gasteiger partial charge on any atom is -0.486 e. The first-order chi connectivity index (χ1) is 17.2. The van der Waals surface area contributed by atoms with E-state index >= 15 is 0 Å². The lowest BCUT2D eigenvalue weighted by atomic mass is 9.98. The Morgan fingerprint density at radius 3 is 2.58 bits per heavy atom. The van der Waals surface area contributed by atoms with Crippen molar-refractivity contribution in [1.82, 2.24) is 14.6 Å². The van der Waals surface area contributed by atoms with E-state index in [2.05, 4.69) is 16.6 Å². The Kier molecular flexibility index (Phi) is 8.17. The molecule has 1 aliphatic rings. The molecule has 192 valence electrons. The normalized spacial score (nSPS) is 15.9. The molecule has 1 fully saturated rings. The van der Waals surface area contributed by atoms with E-state index in [0.29, 0.717) is 24.0 Å². The number of hydrogen-bond donors (Lipinski definition) is 1. The molecular weight excluding hydrogens is 498 g/mol. The summed E-state index contributed by atoms with van der Waals surface area (Å²) < 4.78 is 27.3. The smallest absolute Gasteiger partial charge is 0.410 e. The number of aromatic nitrogens is 1. The van der Waals surface area contributed by atoms with Gasteiger partial charge in [0.2, 0.25) is 0 Å². The van der Waals surface area contributed by atoms with Crippen molar-refractivity contribution >= 4 is 39.5 Å². The highest BCUT2D eigenvalue weighted by molar-refractivity contribution is 7.84. The van der Waals surface area contributed by atoms with E-state index in [-0.39, 0.29) is 29.6 Å². The minimum atomic E-state index is -1.22. The quantitative estimate of drug-likeness (QED) is 0.373. The molecule has 2 atom stereocenters. The number of benzene rings is 2. The van der Waals surface area contributed by atoms with Gasteiger partial charge in [0, 0.05) is 17.6 Å². The van der Waals surface area contributed by atoms with E-state index in [9.17, 15) is 9.00 Å². The van der Waals surface area contributed by atoms with Gasteiger partial charge >= 0.3 is 6.09 Å². The van der Waals surface area contributed by atoms with Crippen LogP contribution in [0.3, 0.4) is 0 Å². The standard InChI is InChI=1S/C27H32ClN3O4S/c1-5-23(30-36(33)27(2,3)4)20-11-12-24(22-14-29-25(28)13-21(20)22)35-19-15-31(16-19)26(32)34-17-18-9-7-6-8-10-18/h6-14,19,23,30H,5,15-17H2,1-4H3/t23-,36+/m1/s1. The van der Waals surface area contributed by atoms with Gasteiger partial charge in [-0.15, -0.1) is 0 Å². The Morgan fingerprint density at radius 1 is 1.19 bits per heavy atom. The number of carbonyl (C=O) groups is 1. The number of pyridine rings is 1. The van der Waals surface area contributed by atoms with Gasteiger partial charge < -0.3 is 14.4 Å². The molecule has 1 amide bonds. The molecule has 2 heterocycles. The Bertz CT molecular complexity index is 1240. The van der Waals surface area contributed by atoms with E-state index in [1.54, 1.807) is 11.1 Å². The summed E-state index contributed by atoms with van der Waals surface area (Å²) in [6, 6.07) is 15.2. The Morgan fingerprint density at radius 2 is 1.92 bits per heavy atom. The fourth-order valence-electron chi connectivity index (χ4n) is 3.94. The second-order valence-electron chi connectivity index (χ2n) is 9.85.